The van der Waals surface area contributed by atoms with E-state index in [2.05, 4.69) is 12.1 Å². The van der Waals surface area contributed by atoms with Crippen molar-refractivity contribution in [3.8, 4) is 5.75 Å². The van der Waals surface area contributed by atoms with Crippen molar-refractivity contribution in [1.29, 1.82) is 0 Å². The SMILES string of the molecule is O=c1c(=Cc2ccc(O)cc2)sc2n1C(c1ccc(Cl)cc1Cl)C1=C(N=2)c2ccccc2CC1. The Morgan fingerprint density at radius 1 is 1.03 bits per heavy atom. The van der Waals surface area contributed by atoms with E-state index in [0.29, 0.717) is 19.4 Å². The highest BCUT2D eigenvalue weighted by Gasteiger charge is 2.33. The Labute approximate surface area is 209 Å². The number of nitrogens with zero attached hydrogens (tertiary/aromatic N) is 2. The van der Waals surface area contributed by atoms with E-state index in [-0.39, 0.29) is 17.4 Å². The number of rotatable bonds is 2. The second-order valence-corrected chi connectivity index (χ2v) is 10.2. The molecule has 1 N–H and O–H groups in total. The molecule has 0 radical (unpaired) electrons. The van der Waals surface area contributed by atoms with Crippen molar-refractivity contribution in [1.82, 2.24) is 4.57 Å². The fourth-order valence-corrected chi connectivity index (χ4v) is 6.26. The van der Waals surface area contributed by atoms with Gasteiger partial charge in [-0.15, -0.1) is 0 Å². The molecule has 4 aromatic rings. The van der Waals surface area contributed by atoms with Crippen molar-refractivity contribution >= 4 is 46.3 Å². The number of phenols is 1. The molecule has 1 atom stereocenters. The van der Waals surface area contributed by atoms with Crippen molar-refractivity contribution in [2.45, 2.75) is 18.9 Å². The Balaban J connectivity index is 1.64. The van der Waals surface area contributed by atoms with Crippen LogP contribution in [-0.4, -0.2) is 9.67 Å². The molecule has 3 aromatic carbocycles. The van der Waals surface area contributed by atoms with Gasteiger partial charge in [-0.1, -0.05) is 77.0 Å². The first-order valence-corrected chi connectivity index (χ1v) is 12.4. The predicted octanol–water partition coefficient (Wildman–Crippen LogP) is 5.33. The molecule has 1 unspecified atom stereocenters. The van der Waals surface area contributed by atoms with Crippen molar-refractivity contribution in [2.75, 3.05) is 0 Å². The number of fused-ring (bicyclic) bond motifs is 3. The molecule has 6 rings (SSSR count). The van der Waals surface area contributed by atoms with Crippen molar-refractivity contribution < 1.29 is 5.11 Å². The lowest BCUT2D eigenvalue weighted by molar-refractivity contribution is 0.475. The Bertz CT molecular complexity index is 1670. The van der Waals surface area contributed by atoms with E-state index >= 15 is 0 Å². The number of hydrogen-bond acceptors (Lipinski definition) is 4. The van der Waals surface area contributed by atoms with Crippen molar-refractivity contribution in [3.63, 3.8) is 0 Å². The first-order valence-electron chi connectivity index (χ1n) is 10.9. The molecular formula is C27H18Cl2N2O2S. The summed E-state index contributed by atoms with van der Waals surface area (Å²) in [5.74, 6) is 0.183. The number of halogens is 2. The molecule has 0 spiro atoms. The summed E-state index contributed by atoms with van der Waals surface area (Å²) in [6, 6.07) is 20.2. The monoisotopic (exact) mass is 504 g/mol. The number of phenolic OH excluding ortho intramolecular Hbond substituents is 1. The van der Waals surface area contributed by atoms with Gasteiger partial charge in [0.2, 0.25) is 0 Å². The Morgan fingerprint density at radius 3 is 2.62 bits per heavy atom. The molecule has 34 heavy (non-hydrogen) atoms. The fraction of sp³-hybridized carbons (Fsp3) is 0.111. The van der Waals surface area contributed by atoms with Crippen LogP contribution in [-0.2, 0) is 6.42 Å². The molecule has 4 nitrogen and oxygen atoms in total. The molecule has 1 aliphatic carbocycles. The molecule has 0 bridgehead atoms. The van der Waals surface area contributed by atoms with Gasteiger partial charge in [0.15, 0.2) is 4.80 Å². The van der Waals surface area contributed by atoms with Crippen LogP contribution in [0, 0.1) is 0 Å². The molecule has 168 valence electrons. The number of hydrogen-bond donors (Lipinski definition) is 1. The van der Waals surface area contributed by atoms with Crippen LogP contribution < -0.4 is 14.9 Å². The molecule has 0 amide bonds. The highest BCUT2D eigenvalue weighted by atomic mass is 35.5. The highest BCUT2D eigenvalue weighted by molar-refractivity contribution is 7.07. The smallest absolute Gasteiger partial charge is 0.271 e. The predicted molar refractivity (Wildman–Crippen MR) is 137 cm³/mol. The van der Waals surface area contributed by atoms with Crippen LogP contribution >= 0.6 is 34.5 Å². The zero-order chi connectivity index (χ0) is 23.4. The van der Waals surface area contributed by atoms with E-state index in [4.69, 9.17) is 28.2 Å². The summed E-state index contributed by atoms with van der Waals surface area (Å²) >= 11 is 14.2. The summed E-state index contributed by atoms with van der Waals surface area (Å²) in [7, 11) is 0. The van der Waals surface area contributed by atoms with Crippen LogP contribution in [0.1, 0.15) is 34.7 Å². The summed E-state index contributed by atoms with van der Waals surface area (Å²) in [6.07, 6.45) is 3.51. The van der Waals surface area contributed by atoms with E-state index < -0.39 is 0 Å². The Morgan fingerprint density at radius 2 is 1.82 bits per heavy atom. The third-order valence-electron chi connectivity index (χ3n) is 6.32. The average Bonchev–Trinajstić information content (AvgIpc) is 3.14. The summed E-state index contributed by atoms with van der Waals surface area (Å²) in [4.78, 5) is 19.3. The van der Waals surface area contributed by atoms with Crippen LogP contribution in [0.2, 0.25) is 10.0 Å². The zero-order valence-corrected chi connectivity index (χ0v) is 20.2. The zero-order valence-electron chi connectivity index (χ0n) is 17.8. The van der Waals surface area contributed by atoms with Gasteiger partial charge in [-0.25, -0.2) is 4.99 Å². The largest absolute Gasteiger partial charge is 0.508 e. The van der Waals surface area contributed by atoms with Gasteiger partial charge in [0.25, 0.3) is 5.56 Å². The highest BCUT2D eigenvalue weighted by Crippen LogP contribution is 2.43. The maximum absolute atomic E-state index is 13.7. The van der Waals surface area contributed by atoms with E-state index in [0.717, 1.165) is 40.8 Å². The lowest BCUT2D eigenvalue weighted by Gasteiger charge is -2.31. The molecule has 0 fully saturated rings. The van der Waals surface area contributed by atoms with E-state index in [1.165, 1.54) is 16.9 Å². The van der Waals surface area contributed by atoms with Gasteiger partial charge in [0.1, 0.15) is 5.75 Å². The van der Waals surface area contributed by atoms with Gasteiger partial charge in [0.05, 0.1) is 16.3 Å². The first-order chi connectivity index (χ1) is 16.5. The molecule has 1 aliphatic heterocycles. The van der Waals surface area contributed by atoms with Gasteiger partial charge in [-0.3, -0.25) is 9.36 Å². The molecule has 0 saturated heterocycles. The van der Waals surface area contributed by atoms with Gasteiger partial charge < -0.3 is 5.11 Å². The van der Waals surface area contributed by atoms with E-state index in [1.807, 2.05) is 30.3 Å². The summed E-state index contributed by atoms with van der Waals surface area (Å²) in [5.41, 5.74) is 5.94. The quantitative estimate of drug-likeness (QED) is 0.401. The van der Waals surface area contributed by atoms with Gasteiger partial charge in [-0.2, -0.15) is 0 Å². The Kier molecular flexibility index (Phi) is 5.21. The number of aryl methyl sites for hydroxylation is 1. The molecule has 2 heterocycles. The minimum atomic E-state index is -0.355. The molecule has 7 heteroatoms. The van der Waals surface area contributed by atoms with Crippen molar-refractivity contribution in [3.05, 3.63) is 124 Å². The lowest BCUT2D eigenvalue weighted by atomic mass is 9.83. The minimum absolute atomic E-state index is 0.113. The van der Waals surface area contributed by atoms with Crippen molar-refractivity contribution in [2.24, 2.45) is 4.99 Å². The second kappa shape index (κ2) is 8.27. The van der Waals surface area contributed by atoms with Gasteiger partial charge >= 0.3 is 0 Å². The van der Waals surface area contributed by atoms with Crippen LogP contribution in [0.15, 0.2) is 82.1 Å². The van der Waals surface area contributed by atoms with Gasteiger partial charge in [-0.05, 0) is 65.4 Å². The van der Waals surface area contributed by atoms with Gasteiger partial charge in [0, 0.05) is 15.6 Å². The second-order valence-electron chi connectivity index (χ2n) is 8.37. The van der Waals surface area contributed by atoms with Crippen LogP contribution in [0.3, 0.4) is 0 Å². The molecule has 0 saturated carbocycles. The van der Waals surface area contributed by atoms with E-state index in [9.17, 15) is 9.90 Å². The van der Waals surface area contributed by atoms with E-state index in [1.54, 1.807) is 34.9 Å². The fourth-order valence-electron chi connectivity index (χ4n) is 4.74. The minimum Gasteiger partial charge on any atom is -0.508 e. The standard InChI is InChI=1S/C27H18Cl2N2O2S/c28-17-8-12-20(22(29)14-17)25-21-11-7-16-3-1-2-4-19(16)24(21)30-27-31(25)26(33)23(34-27)13-15-5-9-18(32)10-6-15/h1-6,8-10,12-14,25,32H,7,11H2. The maximum atomic E-state index is 13.7. The third-order valence-corrected chi connectivity index (χ3v) is 7.87. The van der Waals surface area contributed by atoms with Crippen LogP contribution in [0.5, 0.6) is 5.75 Å². The average molecular weight is 505 g/mol. The van der Waals surface area contributed by atoms with Crippen LogP contribution in [0.4, 0.5) is 0 Å². The molecule has 2 aliphatic rings. The van der Waals surface area contributed by atoms with Crippen LogP contribution in [0.25, 0.3) is 11.8 Å². The molecular weight excluding hydrogens is 487 g/mol. The summed E-state index contributed by atoms with van der Waals surface area (Å²) in [5, 5.41) is 10.7. The molecule has 1 aromatic heterocycles. The number of aromatic nitrogens is 1. The number of allylic oxidation sites excluding steroid dienone is 1. The third kappa shape index (κ3) is 3.52. The Hall–Kier alpha value is -3.12. The lowest BCUT2D eigenvalue weighted by Crippen LogP contribution is -2.38. The maximum Gasteiger partial charge on any atom is 0.271 e. The first kappa shape index (κ1) is 21.4. The normalized spacial score (nSPS) is 17.1. The number of benzene rings is 3. The topological polar surface area (TPSA) is 54.6 Å². The summed E-state index contributed by atoms with van der Waals surface area (Å²) < 4.78 is 2.34. The number of thiazole rings is 1. The summed E-state index contributed by atoms with van der Waals surface area (Å²) in [6.45, 7) is 0. The number of aromatic hydroxyl groups is 1.